The summed E-state index contributed by atoms with van der Waals surface area (Å²) in [4.78, 5) is 14.6. The molecule has 7 heteroatoms. The van der Waals surface area contributed by atoms with Gasteiger partial charge in [-0.2, -0.15) is 5.10 Å². The van der Waals surface area contributed by atoms with Crippen molar-refractivity contribution in [3.8, 4) is 17.0 Å². The van der Waals surface area contributed by atoms with Gasteiger partial charge in [-0.1, -0.05) is 12.1 Å². The number of hydrogen-bond donors (Lipinski definition) is 1. The van der Waals surface area contributed by atoms with E-state index in [0.717, 1.165) is 11.3 Å². The number of amides is 1. The Kier molecular flexibility index (Phi) is 4.65. The molecule has 2 aromatic rings. The highest BCUT2D eigenvalue weighted by atomic mass is 16.7. The van der Waals surface area contributed by atoms with Gasteiger partial charge in [0.1, 0.15) is 11.4 Å². The van der Waals surface area contributed by atoms with Crippen molar-refractivity contribution in [2.24, 2.45) is 0 Å². The largest absolute Gasteiger partial charge is 0.493 e. The monoisotopic (exact) mass is 357 g/mol. The van der Waals surface area contributed by atoms with E-state index in [2.05, 4.69) is 10.2 Å². The minimum atomic E-state index is -0.480. The van der Waals surface area contributed by atoms with Crippen molar-refractivity contribution in [3.05, 3.63) is 36.0 Å². The minimum absolute atomic E-state index is 0.0505. The van der Waals surface area contributed by atoms with Gasteiger partial charge in [0, 0.05) is 31.5 Å². The van der Waals surface area contributed by atoms with Crippen molar-refractivity contribution < 1.29 is 19.0 Å². The van der Waals surface area contributed by atoms with Crippen molar-refractivity contribution in [1.82, 2.24) is 15.1 Å². The Bertz CT molecular complexity index is 773. The van der Waals surface area contributed by atoms with Gasteiger partial charge in [0.25, 0.3) is 5.91 Å². The Morgan fingerprint density at radius 3 is 2.73 bits per heavy atom. The van der Waals surface area contributed by atoms with Crippen molar-refractivity contribution in [2.75, 3.05) is 32.9 Å². The number of nitrogens with zero attached hydrogens (tertiary/aromatic N) is 2. The zero-order valence-corrected chi connectivity index (χ0v) is 14.9. The second kappa shape index (κ2) is 7.09. The van der Waals surface area contributed by atoms with Crippen LogP contribution >= 0.6 is 0 Å². The van der Waals surface area contributed by atoms with Gasteiger partial charge in [0.15, 0.2) is 5.79 Å². The van der Waals surface area contributed by atoms with Crippen LogP contribution in [0.1, 0.15) is 30.3 Å². The van der Waals surface area contributed by atoms with E-state index in [-0.39, 0.29) is 5.91 Å². The molecule has 2 aliphatic heterocycles. The fourth-order valence-electron chi connectivity index (χ4n) is 3.54. The molecule has 2 saturated heterocycles. The molecule has 7 nitrogen and oxygen atoms in total. The van der Waals surface area contributed by atoms with E-state index in [1.165, 1.54) is 0 Å². The predicted molar refractivity (Wildman–Crippen MR) is 95.0 cm³/mol. The molecule has 2 aliphatic rings. The third-order valence-corrected chi connectivity index (χ3v) is 4.90. The number of carbonyl (C=O) groups is 1. The van der Waals surface area contributed by atoms with E-state index in [0.29, 0.717) is 57.1 Å². The average Bonchev–Trinajstić information content (AvgIpc) is 3.33. The lowest BCUT2D eigenvalue weighted by atomic mass is 10.0. The molecule has 0 atom stereocenters. The molecular formula is C19H23N3O4. The highest BCUT2D eigenvalue weighted by Crippen LogP contribution is 2.32. The summed E-state index contributed by atoms with van der Waals surface area (Å²) < 4.78 is 17.1. The molecule has 4 rings (SSSR count). The fourth-order valence-corrected chi connectivity index (χ4v) is 3.54. The van der Waals surface area contributed by atoms with Crippen LogP contribution in [0.15, 0.2) is 30.3 Å². The summed E-state index contributed by atoms with van der Waals surface area (Å²) in [6.07, 6.45) is 1.40. The lowest BCUT2D eigenvalue weighted by Crippen LogP contribution is -2.47. The van der Waals surface area contributed by atoms with E-state index < -0.39 is 5.79 Å². The summed E-state index contributed by atoms with van der Waals surface area (Å²) in [6.45, 7) is 5.02. The molecule has 1 spiro atoms. The first-order chi connectivity index (χ1) is 12.7. The van der Waals surface area contributed by atoms with E-state index in [4.69, 9.17) is 14.2 Å². The highest BCUT2D eigenvalue weighted by Gasteiger charge is 2.41. The number of likely N-dealkylation sites (tertiary alicyclic amines) is 1. The normalized spacial score (nSPS) is 19.0. The number of benzene rings is 1. The quantitative estimate of drug-likeness (QED) is 0.910. The Hall–Kier alpha value is -2.38. The van der Waals surface area contributed by atoms with Crippen molar-refractivity contribution in [3.63, 3.8) is 0 Å². The number of nitrogens with one attached hydrogen (secondary N) is 1. The SMILES string of the molecule is CCOc1ccccc1-c1cc(C(=O)N2CCC3(CC2)OCCO3)[nH]n1. The second-order valence-electron chi connectivity index (χ2n) is 6.50. The Balaban J connectivity index is 1.47. The summed E-state index contributed by atoms with van der Waals surface area (Å²) in [7, 11) is 0. The van der Waals surface area contributed by atoms with E-state index in [9.17, 15) is 4.79 Å². The topological polar surface area (TPSA) is 76.7 Å². The number of aromatic nitrogens is 2. The number of hydrogen-bond acceptors (Lipinski definition) is 5. The second-order valence-corrected chi connectivity index (χ2v) is 6.50. The summed E-state index contributed by atoms with van der Waals surface area (Å²) in [5.74, 6) is 0.230. The van der Waals surface area contributed by atoms with Crippen LogP contribution in [0.3, 0.4) is 0 Å². The zero-order chi connectivity index (χ0) is 18.0. The summed E-state index contributed by atoms with van der Waals surface area (Å²) in [5.41, 5.74) is 2.05. The predicted octanol–water partition coefficient (Wildman–Crippen LogP) is 2.45. The smallest absolute Gasteiger partial charge is 0.271 e. The van der Waals surface area contributed by atoms with Crippen molar-refractivity contribution in [1.29, 1.82) is 0 Å². The van der Waals surface area contributed by atoms with E-state index in [1.807, 2.05) is 36.1 Å². The van der Waals surface area contributed by atoms with E-state index >= 15 is 0 Å². The van der Waals surface area contributed by atoms with Gasteiger partial charge >= 0.3 is 0 Å². The maximum absolute atomic E-state index is 12.8. The summed E-state index contributed by atoms with van der Waals surface area (Å²) in [6, 6.07) is 9.48. The molecule has 1 amide bonds. The molecular weight excluding hydrogens is 334 g/mol. The van der Waals surface area contributed by atoms with Crippen LogP contribution < -0.4 is 4.74 Å². The van der Waals surface area contributed by atoms with Crippen LogP contribution in [0.2, 0.25) is 0 Å². The molecule has 0 bridgehead atoms. The van der Waals surface area contributed by atoms with Gasteiger partial charge in [-0.3, -0.25) is 9.89 Å². The lowest BCUT2D eigenvalue weighted by Gasteiger charge is -2.37. The molecule has 1 aromatic carbocycles. The highest BCUT2D eigenvalue weighted by molar-refractivity contribution is 5.93. The maximum atomic E-state index is 12.8. The number of carbonyl (C=O) groups excluding carboxylic acids is 1. The van der Waals surface area contributed by atoms with Gasteiger partial charge in [0.2, 0.25) is 0 Å². The standard InChI is InChI=1S/C19H23N3O4/c1-2-24-17-6-4-3-5-14(17)15-13-16(21-20-15)18(23)22-9-7-19(8-10-22)25-11-12-26-19/h3-6,13H,2,7-12H2,1H3,(H,20,21). The van der Waals surface area contributed by atoms with Gasteiger partial charge in [-0.15, -0.1) is 0 Å². The first-order valence-corrected chi connectivity index (χ1v) is 9.05. The molecule has 1 aromatic heterocycles. The Morgan fingerprint density at radius 2 is 2.00 bits per heavy atom. The van der Waals surface area contributed by atoms with Gasteiger partial charge < -0.3 is 19.1 Å². The summed E-state index contributed by atoms with van der Waals surface area (Å²) >= 11 is 0. The van der Waals surface area contributed by atoms with Gasteiger partial charge in [0.05, 0.1) is 25.5 Å². The van der Waals surface area contributed by atoms with Crippen LogP contribution in [0.5, 0.6) is 5.75 Å². The van der Waals surface area contributed by atoms with Crippen LogP contribution in [0.4, 0.5) is 0 Å². The molecule has 2 fully saturated rings. The van der Waals surface area contributed by atoms with Crippen LogP contribution in [0.25, 0.3) is 11.3 Å². The number of para-hydroxylation sites is 1. The van der Waals surface area contributed by atoms with Crippen molar-refractivity contribution >= 4 is 5.91 Å². The number of aromatic amines is 1. The van der Waals surface area contributed by atoms with Crippen LogP contribution in [-0.4, -0.2) is 59.7 Å². The number of H-pyrrole nitrogens is 1. The molecule has 26 heavy (non-hydrogen) atoms. The number of rotatable bonds is 4. The Morgan fingerprint density at radius 1 is 1.27 bits per heavy atom. The first kappa shape index (κ1) is 17.1. The molecule has 1 N–H and O–H groups in total. The van der Waals surface area contributed by atoms with Crippen LogP contribution in [-0.2, 0) is 9.47 Å². The molecule has 0 radical (unpaired) electrons. The lowest BCUT2D eigenvalue weighted by molar-refractivity contribution is -0.181. The van der Waals surface area contributed by atoms with E-state index in [1.54, 1.807) is 6.07 Å². The van der Waals surface area contributed by atoms with Crippen molar-refractivity contribution in [2.45, 2.75) is 25.6 Å². The molecule has 138 valence electrons. The van der Waals surface area contributed by atoms with Crippen LogP contribution in [0, 0.1) is 0 Å². The third-order valence-electron chi connectivity index (χ3n) is 4.90. The molecule has 0 unspecified atom stereocenters. The Labute approximate surface area is 152 Å². The maximum Gasteiger partial charge on any atom is 0.271 e. The zero-order valence-electron chi connectivity index (χ0n) is 14.9. The minimum Gasteiger partial charge on any atom is -0.493 e. The molecule has 3 heterocycles. The van der Waals surface area contributed by atoms with Gasteiger partial charge in [-0.25, -0.2) is 0 Å². The third kappa shape index (κ3) is 3.20. The first-order valence-electron chi connectivity index (χ1n) is 9.05. The fraction of sp³-hybridized carbons (Fsp3) is 0.474. The molecule has 0 saturated carbocycles. The van der Waals surface area contributed by atoms with Gasteiger partial charge in [-0.05, 0) is 25.1 Å². The average molecular weight is 357 g/mol. The molecule has 0 aliphatic carbocycles. The number of ether oxygens (including phenoxy) is 3. The number of piperidine rings is 1. The summed E-state index contributed by atoms with van der Waals surface area (Å²) in [5, 5.41) is 7.19.